The Morgan fingerprint density at radius 2 is 2.04 bits per heavy atom. The largest absolute Gasteiger partial charge is 0.483 e. The monoisotopic (exact) mass is 380 g/mol. The lowest BCUT2D eigenvalue weighted by Gasteiger charge is -2.21. The van der Waals surface area contributed by atoms with Gasteiger partial charge in [0.25, 0.3) is 15.9 Å². The molecule has 3 rings (SSSR count). The first-order valence-electron chi connectivity index (χ1n) is 7.62. The van der Waals surface area contributed by atoms with Crippen LogP contribution in [-0.2, 0) is 21.2 Å². The van der Waals surface area contributed by atoms with Gasteiger partial charge < -0.3 is 10.5 Å². The van der Waals surface area contributed by atoms with Gasteiger partial charge in [-0.25, -0.2) is 8.42 Å². The highest BCUT2D eigenvalue weighted by Gasteiger charge is 2.32. The highest BCUT2D eigenvalue weighted by molar-refractivity contribution is 7.93. The van der Waals surface area contributed by atoms with E-state index in [4.69, 9.17) is 22.1 Å². The summed E-state index contributed by atoms with van der Waals surface area (Å²) in [5.74, 6) is -0.388. The first kappa shape index (κ1) is 17.6. The maximum Gasteiger partial charge on any atom is 0.265 e. The van der Waals surface area contributed by atoms with E-state index in [0.717, 1.165) is 5.56 Å². The van der Waals surface area contributed by atoms with Gasteiger partial charge in [-0.15, -0.1) is 0 Å². The summed E-state index contributed by atoms with van der Waals surface area (Å²) >= 11 is 6.20. The standard InChI is InChI=1S/C17H17ClN2O4S/c1-11-8-13(18)16(9-15(11)24-10-17(19)21)25(22,23)20-7-6-12-4-2-3-5-14(12)20/h2-5,8-9H,6-7,10H2,1H3,(H2,19,21). The van der Waals surface area contributed by atoms with E-state index in [0.29, 0.717) is 24.2 Å². The molecule has 8 heteroatoms. The van der Waals surface area contributed by atoms with Crippen LogP contribution in [-0.4, -0.2) is 27.5 Å². The number of anilines is 1. The van der Waals surface area contributed by atoms with Crippen molar-refractivity contribution in [3.05, 3.63) is 52.5 Å². The molecule has 1 amide bonds. The molecule has 2 aromatic carbocycles. The first-order chi connectivity index (χ1) is 11.8. The van der Waals surface area contributed by atoms with Gasteiger partial charge in [0.1, 0.15) is 10.6 Å². The third kappa shape index (κ3) is 3.29. The van der Waals surface area contributed by atoms with Crippen LogP contribution >= 0.6 is 11.6 Å². The predicted octanol–water partition coefficient (Wildman–Crippen LogP) is 2.26. The molecule has 0 saturated carbocycles. The molecule has 1 heterocycles. The second kappa shape index (κ2) is 6.57. The first-order valence-corrected chi connectivity index (χ1v) is 9.44. The minimum Gasteiger partial charge on any atom is -0.483 e. The molecule has 0 fully saturated rings. The fourth-order valence-corrected chi connectivity index (χ4v) is 4.89. The predicted molar refractivity (Wildman–Crippen MR) is 95.6 cm³/mol. The smallest absolute Gasteiger partial charge is 0.265 e. The number of rotatable bonds is 5. The van der Waals surface area contributed by atoms with E-state index in [9.17, 15) is 13.2 Å². The number of para-hydroxylation sites is 1. The molecule has 2 N–H and O–H groups in total. The van der Waals surface area contributed by atoms with Gasteiger partial charge in [-0.05, 0) is 36.6 Å². The summed E-state index contributed by atoms with van der Waals surface area (Å²) in [6, 6.07) is 10.2. The molecule has 2 aromatic rings. The van der Waals surface area contributed by atoms with E-state index < -0.39 is 15.9 Å². The van der Waals surface area contributed by atoms with E-state index in [1.807, 2.05) is 12.1 Å². The lowest BCUT2D eigenvalue weighted by molar-refractivity contribution is -0.119. The number of carbonyl (C=O) groups excluding carboxylic acids is 1. The molecule has 1 aliphatic heterocycles. The Hall–Kier alpha value is -2.25. The molecule has 0 aromatic heterocycles. The minimum absolute atomic E-state index is 0.0593. The van der Waals surface area contributed by atoms with Gasteiger partial charge in [0.05, 0.1) is 10.7 Å². The molecule has 0 atom stereocenters. The number of fused-ring (bicyclic) bond motifs is 1. The number of carbonyl (C=O) groups is 1. The second-order valence-electron chi connectivity index (χ2n) is 5.76. The van der Waals surface area contributed by atoms with E-state index in [1.54, 1.807) is 19.1 Å². The third-order valence-electron chi connectivity index (χ3n) is 4.01. The molecule has 6 nitrogen and oxygen atoms in total. The van der Waals surface area contributed by atoms with Crippen LogP contribution in [0.2, 0.25) is 5.02 Å². The normalized spacial score (nSPS) is 13.6. The lowest BCUT2D eigenvalue weighted by atomic mass is 10.2. The van der Waals surface area contributed by atoms with Crippen LogP contribution in [0, 0.1) is 6.92 Å². The van der Waals surface area contributed by atoms with Gasteiger partial charge in [0.2, 0.25) is 0 Å². The summed E-state index contributed by atoms with van der Waals surface area (Å²) < 4.78 is 32.9. The summed E-state index contributed by atoms with van der Waals surface area (Å²) in [7, 11) is -3.86. The number of amides is 1. The van der Waals surface area contributed by atoms with Crippen molar-refractivity contribution in [1.82, 2.24) is 0 Å². The highest BCUT2D eigenvalue weighted by Crippen LogP contribution is 2.37. The number of aryl methyl sites for hydroxylation is 1. The average Bonchev–Trinajstić information content (AvgIpc) is 2.98. The number of nitrogens with two attached hydrogens (primary N) is 1. The maximum atomic E-state index is 13.1. The van der Waals surface area contributed by atoms with Crippen LogP contribution < -0.4 is 14.8 Å². The third-order valence-corrected chi connectivity index (χ3v) is 6.29. The van der Waals surface area contributed by atoms with Crippen molar-refractivity contribution >= 4 is 33.2 Å². The van der Waals surface area contributed by atoms with Crippen LogP contribution in [0.25, 0.3) is 0 Å². The number of ether oxygens (including phenoxy) is 1. The Kier molecular flexibility index (Phi) is 4.62. The average molecular weight is 381 g/mol. The van der Waals surface area contributed by atoms with Crippen molar-refractivity contribution in [1.29, 1.82) is 0 Å². The number of sulfonamides is 1. The Balaban J connectivity index is 2.03. The second-order valence-corrected chi connectivity index (χ2v) is 8.00. The maximum absolute atomic E-state index is 13.1. The van der Waals surface area contributed by atoms with Crippen LogP contribution in [0.4, 0.5) is 5.69 Å². The van der Waals surface area contributed by atoms with Crippen molar-refractivity contribution < 1.29 is 17.9 Å². The Morgan fingerprint density at radius 1 is 1.32 bits per heavy atom. The molecular formula is C17H17ClN2O4S. The number of primary amides is 1. The fraction of sp³-hybridized carbons (Fsp3) is 0.235. The number of hydrogen-bond donors (Lipinski definition) is 1. The van der Waals surface area contributed by atoms with Crippen LogP contribution in [0.1, 0.15) is 11.1 Å². The molecule has 0 radical (unpaired) electrons. The van der Waals surface area contributed by atoms with E-state index in [2.05, 4.69) is 0 Å². The van der Waals surface area contributed by atoms with Gasteiger partial charge in [0, 0.05) is 12.6 Å². The summed E-state index contributed by atoms with van der Waals surface area (Å²) in [6.07, 6.45) is 0.643. The molecule has 1 aliphatic rings. The number of hydrogen-bond acceptors (Lipinski definition) is 4. The van der Waals surface area contributed by atoms with Gasteiger partial charge in [-0.2, -0.15) is 0 Å². The Bertz CT molecular complexity index is 944. The summed E-state index contributed by atoms with van der Waals surface area (Å²) in [5, 5.41) is 0.105. The number of nitrogens with zero attached hydrogens (tertiary/aromatic N) is 1. The lowest BCUT2D eigenvalue weighted by Crippen LogP contribution is -2.29. The molecule has 0 aliphatic carbocycles. The SMILES string of the molecule is Cc1cc(Cl)c(S(=O)(=O)N2CCc3ccccc32)cc1OCC(N)=O. The van der Waals surface area contributed by atoms with E-state index >= 15 is 0 Å². The Morgan fingerprint density at radius 3 is 2.76 bits per heavy atom. The van der Waals surface area contributed by atoms with Crippen molar-refractivity contribution in [3.63, 3.8) is 0 Å². The van der Waals surface area contributed by atoms with Gasteiger partial charge >= 0.3 is 0 Å². The van der Waals surface area contributed by atoms with Crippen molar-refractivity contribution in [2.24, 2.45) is 5.73 Å². The molecule has 0 bridgehead atoms. The number of benzene rings is 2. The van der Waals surface area contributed by atoms with Gasteiger partial charge in [-0.1, -0.05) is 29.8 Å². The zero-order valence-corrected chi connectivity index (χ0v) is 15.1. The van der Waals surface area contributed by atoms with Crippen LogP contribution in [0.5, 0.6) is 5.75 Å². The van der Waals surface area contributed by atoms with Gasteiger partial charge in [-0.3, -0.25) is 9.10 Å². The fourth-order valence-electron chi connectivity index (χ4n) is 2.81. The molecule has 0 saturated heterocycles. The van der Waals surface area contributed by atoms with Crippen molar-refractivity contribution in [2.45, 2.75) is 18.2 Å². The molecule has 0 unspecified atom stereocenters. The number of halogens is 1. The minimum atomic E-state index is -3.86. The van der Waals surface area contributed by atoms with Crippen molar-refractivity contribution in [3.8, 4) is 5.75 Å². The summed E-state index contributed by atoms with van der Waals surface area (Å²) in [6.45, 7) is 1.72. The highest BCUT2D eigenvalue weighted by atomic mass is 35.5. The summed E-state index contributed by atoms with van der Waals surface area (Å²) in [5.41, 5.74) is 7.32. The van der Waals surface area contributed by atoms with Crippen LogP contribution in [0.15, 0.2) is 41.3 Å². The zero-order valence-electron chi connectivity index (χ0n) is 13.5. The van der Waals surface area contributed by atoms with Crippen molar-refractivity contribution in [2.75, 3.05) is 17.5 Å². The molecular weight excluding hydrogens is 364 g/mol. The quantitative estimate of drug-likeness (QED) is 0.861. The molecule has 132 valence electrons. The summed E-state index contributed by atoms with van der Waals surface area (Å²) in [4.78, 5) is 10.9. The van der Waals surface area contributed by atoms with Gasteiger partial charge in [0.15, 0.2) is 6.61 Å². The Labute approximate surface area is 151 Å². The van der Waals surface area contributed by atoms with E-state index in [1.165, 1.54) is 16.4 Å². The van der Waals surface area contributed by atoms with E-state index in [-0.39, 0.29) is 22.3 Å². The zero-order chi connectivity index (χ0) is 18.2. The topological polar surface area (TPSA) is 89.7 Å². The molecule has 25 heavy (non-hydrogen) atoms. The van der Waals surface area contributed by atoms with Crippen LogP contribution in [0.3, 0.4) is 0 Å². The molecule has 0 spiro atoms.